The Morgan fingerprint density at radius 2 is 2.04 bits per heavy atom. The van der Waals surface area contributed by atoms with Gasteiger partial charge in [0, 0.05) is 18.3 Å². The summed E-state index contributed by atoms with van der Waals surface area (Å²) < 4.78 is 42.3. The predicted molar refractivity (Wildman–Crippen MR) is 87.7 cm³/mol. The Morgan fingerprint density at radius 3 is 2.64 bits per heavy atom. The molecular formula is C17H21F3N2O3. The first kappa shape index (κ1) is 19.1. The van der Waals surface area contributed by atoms with Crippen LogP contribution in [0.5, 0.6) is 0 Å². The minimum atomic E-state index is -5.00. The van der Waals surface area contributed by atoms with Crippen molar-refractivity contribution in [3.8, 4) is 0 Å². The molecule has 0 radical (unpaired) electrons. The van der Waals surface area contributed by atoms with E-state index in [-0.39, 0.29) is 23.9 Å². The lowest BCUT2D eigenvalue weighted by Gasteiger charge is -2.36. The molecule has 25 heavy (non-hydrogen) atoms. The first-order valence-corrected chi connectivity index (χ1v) is 8.20. The lowest BCUT2D eigenvalue weighted by molar-refractivity contribution is -0.167. The molecule has 138 valence electrons. The first-order valence-electron chi connectivity index (χ1n) is 8.20. The number of rotatable bonds is 4. The molecule has 1 amide bonds. The summed E-state index contributed by atoms with van der Waals surface area (Å²) in [6, 6.07) is 4.36. The number of hydrogen-bond donors (Lipinski definition) is 1. The number of nitrogens with one attached hydrogen (secondary N) is 1. The number of alkyl halides is 3. The average molecular weight is 358 g/mol. The van der Waals surface area contributed by atoms with Crippen LogP contribution in [0.25, 0.3) is 0 Å². The number of piperidine rings is 1. The molecule has 1 aromatic rings. The van der Waals surface area contributed by atoms with Crippen molar-refractivity contribution >= 4 is 23.3 Å². The van der Waals surface area contributed by atoms with Gasteiger partial charge in [0.15, 0.2) is 0 Å². The van der Waals surface area contributed by atoms with E-state index in [0.29, 0.717) is 5.69 Å². The van der Waals surface area contributed by atoms with Crippen LogP contribution in [-0.2, 0) is 9.53 Å². The minimum absolute atomic E-state index is 0.0983. The second kappa shape index (κ2) is 7.76. The second-order valence-electron chi connectivity index (χ2n) is 5.94. The molecule has 1 N–H and O–H groups in total. The van der Waals surface area contributed by atoms with E-state index in [1.807, 2.05) is 11.8 Å². The molecule has 2 rings (SSSR count). The highest BCUT2D eigenvalue weighted by Gasteiger charge is 2.38. The first-order chi connectivity index (χ1) is 11.7. The zero-order valence-electron chi connectivity index (χ0n) is 14.2. The van der Waals surface area contributed by atoms with Crippen molar-refractivity contribution in [3.63, 3.8) is 0 Å². The molecule has 5 nitrogen and oxygen atoms in total. The lowest BCUT2D eigenvalue weighted by Crippen LogP contribution is -2.38. The van der Waals surface area contributed by atoms with Crippen molar-refractivity contribution in [2.75, 3.05) is 23.4 Å². The van der Waals surface area contributed by atoms with Gasteiger partial charge in [-0.15, -0.1) is 0 Å². The summed E-state index contributed by atoms with van der Waals surface area (Å²) in [5, 5.41) is 1.77. The molecule has 1 atom stereocenters. The third kappa shape index (κ3) is 4.64. The van der Waals surface area contributed by atoms with Gasteiger partial charge in [-0.3, -0.25) is 4.79 Å². The number of amides is 1. The fourth-order valence-corrected chi connectivity index (χ4v) is 2.89. The summed E-state index contributed by atoms with van der Waals surface area (Å²) >= 11 is 0. The third-order valence-electron chi connectivity index (χ3n) is 4.12. The van der Waals surface area contributed by atoms with Crippen molar-refractivity contribution in [1.29, 1.82) is 0 Å². The van der Waals surface area contributed by atoms with Crippen LogP contribution < -0.4 is 10.2 Å². The number of hydrogen-bond acceptors (Lipinski definition) is 4. The summed E-state index contributed by atoms with van der Waals surface area (Å²) in [5.74, 6) is -2.71. The molecule has 8 heteroatoms. The Balaban J connectivity index is 2.36. The fourth-order valence-electron chi connectivity index (χ4n) is 2.89. The number of anilines is 2. The van der Waals surface area contributed by atoms with E-state index in [4.69, 9.17) is 4.74 Å². The summed E-state index contributed by atoms with van der Waals surface area (Å²) in [4.78, 5) is 25.4. The van der Waals surface area contributed by atoms with E-state index in [1.165, 1.54) is 12.1 Å². The standard InChI is InChI=1S/C17H21F3N2O3/c1-3-25-15(23)13-10-12(21-16(24)17(18,19)20)7-8-14(13)22-9-5-4-6-11(22)2/h7-8,10-11H,3-6,9H2,1-2H3,(H,21,24). The second-order valence-corrected chi connectivity index (χ2v) is 5.94. The SMILES string of the molecule is CCOC(=O)c1cc(NC(=O)C(F)(F)F)ccc1N1CCCCC1C. The molecule has 0 saturated carbocycles. The van der Waals surface area contributed by atoms with Gasteiger partial charge in [-0.05, 0) is 51.3 Å². The molecule has 1 fully saturated rings. The van der Waals surface area contributed by atoms with Crippen LogP contribution in [0.3, 0.4) is 0 Å². The van der Waals surface area contributed by atoms with Crippen LogP contribution in [-0.4, -0.2) is 37.2 Å². The zero-order chi connectivity index (χ0) is 18.6. The molecule has 0 spiro atoms. The van der Waals surface area contributed by atoms with Gasteiger partial charge < -0.3 is 15.0 Å². The van der Waals surface area contributed by atoms with Gasteiger partial charge in [-0.2, -0.15) is 13.2 Å². The summed E-state index contributed by atoms with van der Waals surface area (Å²) in [5.41, 5.74) is 0.657. The predicted octanol–water partition coefficient (Wildman–Crippen LogP) is 3.74. The van der Waals surface area contributed by atoms with Gasteiger partial charge in [0.1, 0.15) is 0 Å². The highest BCUT2D eigenvalue weighted by atomic mass is 19.4. The number of nitrogens with zero attached hydrogens (tertiary/aromatic N) is 1. The largest absolute Gasteiger partial charge is 0.471 e. The quantitative estimate of drug-likeness (QED) is 0.833. The van der Waals surface area contributed by atoms with Gasteiger partial charge in [0.2, 0.25) is 0 Å². The van der Waals surface area contributed by atoms with Crippen molar-refractivity contribution in [2.24, 2.45) is 0 Å². The highest BCUT2D eigenvalue weighted by Crippen LogP contribution is 2.31. The van der Waals surface area contributed by atoms with Crippen LogP contribution in [0.15, 0.2) is 18.2 Å². The van der Waals surface area contributed by atoms with Crippen molar-refractivity contribution in [1.82, 2.24) is 0 Å². The van der Waals surface area contributed by atoms with Crippen LogP contribution in [0.1, 0.15) is 43.5 Å². The smallest absolute Gasteiger partial charge is 0.462 e. The van der Waals surface area contributed by atoms with E-state index in [9.17, 15) is 22.8 Å². The molecule has 0 bridgehead atoms. The Kier molecular flexibility index (Phi) is 5.92. The van der Waals surface area contributed by atoms with E-state index in [1.54, 1.807) is 18.3 Å². The Labute approximate surface area is 144 Å². The van der Waals surface area contributed by atoms with Crippen molar-refractivity contribution in [2.45, 2.75) is 45.3 Å². The summed E-state index contributed by atoms with van der Waals surface area (Å²) in [6.07, 6.45) is -1.97. The number of halogens is 3. The van der Waals surface area contributed by atoms with Gasteiger partial charge >= 0.3 is 18.1 Å². The summed E-state index contributed by atoms with van der Waals surface area (Å²) in [7, 11) is 0. The van der Waals surface area contributed by atoms with E-state index in [0.717, 1.165) is 25.8 Å². The van der Waals surface area contributed by atoms with E-state index < -0.39 is 18.1 Å². The number of esters is 1. The molecule has 1 heterocycles. The molecule has 1 aliphatic heterocycles. The monoisotopic (exact) mass is 358 g/mol. The molecule has 0 aliphatic carbocycles. The lowest BCUT2D eigenvalue weighted by atomic mass is 10.0. The van der Waals surface area contributed by atoms with Crippen LogP contribution in [0, 0.1) is 0 Å². The van der Waals surface area contributed by atoms with E-state index in [2.05, 4.69) is 0 Å². The number of carbonyl (C=O) groups excluding carboxylic acids is 2. The maximum Gasteiger partial charge on any atom is 0.471 e. The minimum Gasteiger partial charge on any atom is -0.462 e. The zero-order valence-corrected chi connectivity index (χ0v) is 14.2. The maximum atomic E-state index is 12.4. The Morgan fingerprint density at radius 1 is 1.32 bits per heavy atom. The maximum absolute atomic E-state index is 12.4. The molecule has 1 unspecified atom stereocenters. The van der Waals surface area contributed by atoms with Gasteiger partial charge in [0.25, 0.3) is 0 Å². The normalized spacial score (nSPS) is 18.0. The van der Waals surface area contributed by atoms with Crippen LogP contribution in [0.2, 0.25) is 0 Å². The molecule has 1 saturated heterocycles. The Hall–Kier alpha value is -2.25. The fraction of sp³-hybridized carbons (Fsp3) is 0.529. The number of benzene rings is 1. The van der Waals surface area contributed by atoms with Gasteiger partial charge in [-0.1, -0.05) is 0 Å². The molecule has 0 aromatic heterocycles. The van der Waals surface area contributed by atoms with Gasteiger partial charge in [0.05, 0.1) is 17.9 Å². The van der Waals surface area contributed by atoms with Crippen LogP contribution >= 0.6 is 0 Å². The molecule has 1 aliphatic rings. The number of carbonyl (C=O) groups is 2. The molecule has 1 aromatic carbocycles. The van der Waals surface area contributed by atoms with E-state index >= 15 is 0 Å². The van der Waals surface area contributed by atoms with Gasteiger partial charge in [-0.25, -0.2) is 4.79 Å². The number of ether oxygens (including phenoxy) is 1. The molecular weight excluding hydrogens is 337 g/mol. The Bertz CT molecular complexity index is 647. The van der Waals surface area contributed by atoms with Crippen molar-refractivity contribution < 1.29 is 27.5 Å². The van der Waals surface area contributed by atoms with Crippen LogP contribution in [0.4, 0.5) is 24.5 Å². The highest BCUT2D eigenvalue weighted by molar-refractivity contribution is 6.00. The third-order valence-corrected chi connectivity index (χ3v) is 4.12. The topological polar surface area (TPSA) is 58.6 Å². The van der Waals surface area contributed by atoms with Crippen molar-refractivity contribution in [3.05, 3.63) is 23.8 Å². The average Bonchev–Trinajstić information content (AvgIpc) is 2.55. The summed E-state index contributed by atoms with van der Waals surface area (Å²) in [6.45, 7) is 4.58.